The molecular weight excluding hydrogens is 202 g/mol. The minimum absolute atomic E-state index is 0.133. The molecule has 0 aromatic rings. The Kier molecular flexibility index (Phi) is 3.85. The Bertz CT molecular complexity index is 248. The average Bonchev–Trinajstić information content (AvgIpc) is 2.24. The molecule has 0 aromatic carbocycles. The minimum atomic E-state index is -0.625. The maximum absolute atomic E-state index is 10.9. The van der Waals surface area contributed by atoms with Gasteiger partial charge in [-0.15, -0.1) is 0 Å². The van der Waals surface area contributed by atoms with Crippen molar-refractivity contribution in [3.8, 4) is 0 Å². The summed E-state index contributed by atoms with van der Waals surface area (Å²) in [6.45, 7) is 2.23. The van der Waals surface area contributed by atoms with Crippen LogP contribution in [0.4, 0.5) is 0 Å². The Balaban J connectivity index is 1.78. The predicted octanol–water partition coefficient (Wildman–Crippen LogP) is 2.41. The van der Waals surface area contributed by atoms with Gasteiger partial charge < -0.3 is 10.4 Å². The van der Waals surface area contributed by atoms with Crippen LogP contribution in [0.3, 0.4) is 0 Å². The number of hydrogen-bond acceptors (Lipinski definition) is 2. The van der Waals surface area contributed by atoms with Gasteiger partial charge in [0.1, 0.15) is 0 Å². The van der Waals surface area contributed by atoms with Crippen LogP contribution in [0.1, 0.15) is 51.9 Å². The molecule has 0 amide bonds. The van der Waals surface area contributed by atoms with Gasteiger partial charge in [0.05, 0.1) is 5.92 Å². The van der Waals surface area contributed by atoms with Crippen molar-refractivity contribution in [2.24, 2.45) is 11.8 Å². The van der Waals surface area contributed by atoms with Gasteiger partial charge in [0.25, 0.3) is 0 Å². The number of hydrogen-bond donors (Lipinski definition) is 2. The number of aliphatic carboxylic acids is 1. The topological polar surface area (TPSA) is 49.3 Å². The standard InChI is InChI=1S/C13H23NO2/c1-9(10-5-3-2-4-6-10)14-12-8-7-11(12)13(15)16/h9-12,14H,2-8H2,1H3,(H,15,16)/t9-,11?,12?/m1/s1. The number of carbonyl (C=O) groups is 1. The first-order valence-electron chi connectivity index (χ1n) is 6.67. The molecule has 16 heavy (non-hydrogen) atoms. The van der Waals surface area contributed by atoms with Crippen LogP contribution < -0.4 is 5.32 Å². The zero-order valence-corrected chi connectivity index (χ0v) is 10.1. The van der Waals surface area contributed by atoms with Gasteiger partial charge in [-0.3, -0.25) is 4.79 Å². The smallest absolute Gasteiger partial charge is 0.308 e. The van der Waals surface area contributed by atoms with Crippen LogP contribution in [-0.2, 0) is 4.79 Å². The normalized spacial score (nSPS) is 33.1. The molecule has 2 N–H and O–H groups in total. The highest BCUT2D eigenvalue weighted by Crippen LogP contribution is 2.31. The van der Waals surface area contributed by atoms with E-state index in [0.717, 1.165) is 18.8 Å². The van der Waals surface area contributed by atoms with E-state index in [0.29, 0.717) is 6.04 Å². The first kappa shape index (κ1) is 11.9. The van der Waals surface area contributed by atoms with E-state index in [1.165, 1.54) is 32.1 Å². The summed E-state index contributed by atoms with van der Waals surface area (Å²) in [6, 6.07) is 0.724. The van der Waals surface area contributed by atoms with Crippen molar-refractivity contribution in [2.75, 3.05) is 0 Å². The Morgan fingerprint density at radius 2 is 1.88 bits per heavy atom. The molecule has 3 atom stereocenters. The number of carboxylic acids is 1. The molecule has 0 radical (unpaired) electrons. The van der Waals surface area contributed by atoms with E-state index in [9.17, 15) is 4.79 Å². The van der Waals surface area contributed by atoms with Crippen LogP contribution in [0.25, 0.3) is 0 Å². The molecule has 0 saturated heterocycles. The SMILES string of the molecule is C[C@@H](NC1CCC1C(=O)O)C1CCCCC1. The monoisotopic (exact) mass is 225 g/mol. The molecule has 0 bridgehead atoms. The van der Waals surface area contributed by atoms with Crippen molar-refractivity contribution in [3.63, 3.8) is 0 Å². The lowest BCUT2D eigenvalue weighted by Crippen LogP contribution is -2.52. The first-order valence-corrected chi connectivity index (χ1v) is 6.67. The van der Waals surface area contributed by atoms with E-state index >= 15 is 0 Å². The van der Waals surface area contributed by atoms with E-state index in [-0.39, 0.29) is 12.0 Å². The Hall–Kier alpha value is -0.570. The van der Waals surface area contributed by atoms with E-state index in [4.69, 9.17) is 5.11 Å². The Morgan fingerprint density at radius 3 is 2.38 bits per heavy atom. The largest absolute Gasteiger partial charge is 0.481 e. The van der Waals surface area contributed by atoms with Gasteiger partial charge >= 0.3 is 5.97 Å². The van der Waals surface area contributed by atoms with Crippen LogP contribution in [-0.4, -0.2) is 23.2 Å². The predicted molar refractivity (Wildman–Crippen MR) is 63.3 cm³/mol. The molecule has 2 aliphatic carbocycles. The lowest BCUT2D eigenvalue weighted by molar-refractivity contribution is -0.146. The zero-order chi connectivity index (χ0) is 11.5. The average molecular weight is 225 g/mol. The second-order valence-corrected chi connectivity index (χ2v) is 5.48. The molecule has 2 aliphatic rings. The summed E-state index contributed by atoms with van der Waals surface area (Å²) in [7, 11) is 0. The Morgan fingerprint density at radius 1 is 1.19 bits per heavy atom. The summed E-state index contributed by atoms with van der Waals surface area (Å²) in [5.41, 5.74) is 0. The van der Waals surface area contributed by atoms with Gasteiger partial charge in [0.2, 0.25) is 0 Å². The quantitative estimate of drug-likeness (QED) is 0.772. The summed E-state index contributed by atoms with van der Waals surface area (Å²) in [4.78, 5) is 10.9. The van der Waals surface area contributed by atoms with E-state index in [2.05, 4.69) is 12.2 Å². The molecule has 0 spiro atoms. The van der Waals surface area contributed by atoms with Crippen LogP contribution >= 0.6 is 0 Å². The number of nitrogens with one attached hydrogen (secondary N) is 1. The molecular formula is C13H23NO2. The van der Waals surface area contributed by atoms with Crippen LogP contribution in [0.2, 0.25) is 0 Å². The summed E-state index contributed by atoms with van der Waals surface area (Å²) in [6.07, 6.45) is 8.60. The van der Waals surface area contributed by atoms with Crippen molar-refractivity contribution < 1.29 is 9.90 Å². The fraction of sp³-hybridized carbons (Fsp3) is 0.923. The van der Waals surface area contributed by atoms with E-state index < -0.39 is 5.97 Å². The first-order chi connectivity index (χ1) is 7.68. The second-order valence-electron chi connectivity index (χ2n) is 5.48. The fourth-order valence-corrected chi connectivity index (χ4v) is 3.10. The van der Waals surface area contributed by atoms with Crippen molar-refractivity contribution in [3.05, 3.63) is 0 Å². The summed E-state index contributed by atoms with van der Waals surface area (Å²) >= 11 is 0. The molecule has 2 unspecified atom stereocenters. The van der Waals surface area contributed by atoms with Crippen molar-refractivity contribution in [1.29, 1.82) is 0 Å². The highest BCUT2D eigenvalue weighted by Gasteiger charge is 2.37. The zero-order valence-electron chi connectivity index (χ0n) is 10.1. The van der Waals surface area contributed by atoms with Gasteiger partial charge in [0.15, 0.2) is 0 Å². The van der Waals surface area contributed by atoms with Gasteiger partial charge in [-0.05, 0) is 38.5 Å². The Labute approximate surface area is 97.6 Å². The van der Waals surface area contributed by atoms with Gasteiger partial charge in [-0.25, -0.2) is 0 Å². The van der Waals surface area contributed by atoms with Gasteiger partial charge in [-0.2, -0.15) is 0 Å². The van der Waals surface area contributed by atoms with Crippen molar-refractivity contribution in [2.45, 2.75) is 64.0 Å². The van der Waals surface area contributed by atoms with Gasteiger partial charge in [-0.1, -0.05) is 19.3 Å². The molecule has 2 saturated carbocycles. The third kappa shape index (κ3) is 2.57. The lowest BCUT2D eigenvalue weighted by Gasteiger charge is -2.39. The highest BCUT2D eigenvalue weighted by atomic mass is 16.4. The van der Waals surface area contributed by atoms with Gasteiger partial charge in [0, 0.05) is 12.1 Å². The van der Waals surface area contributed by atoms with Crippen LogP contribution in [0, 0.1) is 11.8 Å². The molecule has 92 valence electrons. The third-order valence-corrected chi connectivity index (χ3v) is 4.43. The molecule has 0 aliphatic heterocycles. The molecule has 3 nitrogen and oxygen atoms in total. The molecule has 3 heteroatoms. The third-order valence-electron chi connectivity index (χ3n) is 4.43. The van der Waals surface area contributed by atoms with E-state index in [1.807, 2.05) is 0 Å². The minimum Gasteiger partial charge on any atom is -0.481 e. The van der Waals surface area contributed by atoms with Crippen molar-refractivity contribution >= 4 is 5.97 Å². The second kappa shape index (κ2) is 5.17. The maximum atomic E-state index is 10.9. The van der Waals surface area contributed by atoms with Crippen LogP contribution in [0.5, 0.6) is 0 Å². The number of carboxylic acid groups (broad SMARTS) is 1. The summed E-state index contributed by atoms with van der Waals surface area (Å²) in [5, 5.41) is 12.5. The van der Waals surface area contributed by atoms with Crippen molar-refractivity contribution in [1.82, 2.24) is 5.32 Å². The molecule has 0 heterocycles. The van der Waals surface area contributed by atoms with E-state index in [1.54, 1.807) is 0 Å². The highest BCUT2D eigenvalue weighted by molar-refractivity contribution is 5.72. The molecule has 0 aromatic heterocycles. The molecule has 2 fully saturated rings. The lowest BCUT2D eigenvalue weighted by atomic mass is 9.77. The summed E-state index contributed by atoms with van der Waals surface area (Å²) < 4.78 is 0. The van der Waals surface area contributed by atoms with Crippen LogP contribution in [0.15, 0.2) is 0 Å². The number of rotatable bonds is 4. The molecule has 2 rings (SSSR count). The summed E-state index contributed by atoms with van der Waals surface area (Å²) in [5.74, 6) is 0.00873. The fourth-order valence-electron chi connectivity index (χ4n) is 3.10. The maximum Gasteiger partial charge on any atom is 0.308 e.